The molecular formula is C16H15NO. The third-order valence-corrected chi connectivity index (χ3v) is 2.75. The zero-order valence-corrected chi connectivity index (χ0v) is 10.5. The highest BCUT2D eigenvalue weighted by Gasteiger charge is 2.01. The summed E-state index contributed by atoms with van der Waals surface area (Å²) in [6, 6.07) is 11.2. The number of rotatable bonds is 0. The van der Waals surface area contributed by atoms with E-state index in [2.05, 4.69) is 11.8 Å². The molecule has 2 rings (SSSR count). The number of benzene rings is 2. The minimum Gasteiger partial charge on any atom is -0.507 e. The summed E-state index contributed by atoms with van der Waals surface area (Å²) in [6.07, 6.45) is 0. The van der Waals surface area contributed by atoms with Crippen LogP contribution in [0, 0.1) is 25.7 Å². The quantitative estimate of drug-likeness (QED) is 0.546. The van der Waals surface area contributed by atoms with Crippen LogP contribution < -0.4 is 5.73 Å². The maximum Gasteiger partial charge on any atom is 0.121 e. The number of nitrogens with two attached hydrogens (primary N) is 1. The first kappa shape index (κ1) is 12.1. The molecule has 18 heavy (non-hydrogen) atoms. The lowest BCUT2D eigenvalue weighted by Crippen LogP contribution is -1.85. The molecule has 0 heterocycles. The molecule has 0 amide bonds. The molecule has 0 spiro atoms. The van der Waals surface area contributed by atoms with Gasteiger partial charge in [0, 0.05) is 16.8 Å². The fourth-order valence-corrected chi connectivity index (χ4v) is 1.74. The Labute approximate surface area is 107 Å². The molecule has 0 fully saturated rings. The van der Waals surface area contributed by atoms with E-state index in [1.54, 1.807) is 0 Å². The Balaban J connectivity index is 2.33. The highest BCUT2D eigenvalue weighted by molar-refractivity contribution is 5.51. The first-order valence-electron chi connectivity index (χ1n) is 5.74. The highest BCUT2D eigenvalue weighted by atomic mass is 16.3. The van der Waals surface area contributed by atoms with Crippen molar-refractivity contribution < 1.29 is 5.11 Å². The molecule has 0 saturated carbocycles. The standard InChI is InChI=1S/C16H15NO/c1-11-9-14(10-12(2)16(11)18)4-3-13-5-7-15(17)8-6-13/h5-10,18H,17H2,1-2H3. The summed E-state index contributed by atoms with van der Waals surface area (Å²) in [4.78, 5) is 0. The minimum absolute atomic E-state index is 0.341. The van der Waals surface area contributed by atoms with Crippen molar-refractivity contribution in [2.45, 2.75) is 13.8 Å². The van der Waals surface area contributed by atoms with Crippen LogP contribution in [0.15, 0.2) is 36.4 Å². The van der Waals surface area contributed by atoms with Crippen molar-refractivity contribution in [2.75, 3.05) is 5.73 Å². The zero-order chi connectivity index (χ0) is 13.1. The molecule has 0 bridgehead atoms. The Morgan fingerprint density at radius 3 is 1.94 bits per heavy atom. The number of aromatic hydroxyl groups is 1. The fourth-order valence-electron chi connectivity index (χ4n) is 1.74. The SMILES string of the molecule is Cc1cc(C#Cc2ccc(N)cc2)cc(C)c1O. The van der Waals surface area contributed by atoms with Crippen molar-refractivity contribution in [1.82, 2.24) is 0 Å². The zero-order valence-electron chi connectivity index (χ0n) is 10.5. The number of hydrogen-bond acceptors (Lipinski definition) is 2. The number of aryl methyl sites for hydroxylation is 2. The van der Waals surface area contributed by atoms with E-state index in [9.17, 15) is 5.11 Å². The molecule has 0 aliphatic heterocycles. The van der Waals surface area contributed by atoms with Crippen molar-refractivity contribution in [3.05, 3.63) is 58.7 Å². The van der Waals surface area contributed by atoms with Gasteiger partial charge in [-0.25, -0.2) is 0 Å². The van der Waals surface area contributed by atoms with E-state index in [0.29, 0.717) is 5.75 Å². The van der Waals surface area contributed by atoms with E-state index in [0.717, 1.165) is 27.9 Å². The second-order valence-corrected chi connectivity index (χ2v) is 4.33. The molecule has 0 aliphatic carbocycles. The van der Waals surface area contributed by atoms with Crippen LogP contribution in [0.2, 0.25) is 0 Å². The van der Waals surface area contributed by atoms with Crippen LogP contribution in [0.5, 0.6) is 5.75 Å². The lowest BCUT2D eigenvalue weighted by atomic mass is 10.1. The van der Waals surface area contributed by atoms with Crippen LogP contribution in [0.25, 0.3) is 0 Å². The van der Waals surface area contributed by atoms with E-state index in [1.807, 2.05) is 50.2 Å². The van der Waals surface area contributed by atoms with Gasteiger partial charge in [-0.15, -0.1) is 0 Å². The number of phenolic OH excluding ortho intramolecular Hbond substituents is 1. The predicted octanol–water partition coefficient (Wildman–Crippen LogP) is 2.99. The van der Waals surface area contributed by atoms with E-state index >= 15 is 0 Å². The van der Waals surface area contributed by atoms with Crippen LogP contribution in [0.3, 0.4) is 0 Å². The summed E-state index contributed by atoms with van der Waals surface area (Å²) in [6.45, 7) is 3.74. The van der Waals surface area contributed by atoms with Crippen molar-refractivity contribution >= 4 is 5.69 Å². The first-order valence-corrected chi connectivity index (χ1v) is 5.74. The third kappa shape index (κ3) is 2.64. The fraction of sp³-hybridized carbons (Fsp3) is 0.125. The van der Waals surface area contributed by atoms with Gasteiger partial charge in [0.05, 0.1) is 0 Å². The molecular weight excluding hydrogens is 222 g/mol. The normalized spacial score (nSPS) is 9.67. The molecule has 2 heteroatoms. The van der Waals surface area contributed by atoms with Crippen molar-refractivity contribution in [3.8, 4) is 17.6 Å². The first-order chi connectivity index (χ1) is 8.56. The van der Waals surface area contributed by atoms with Gasteiger partial charge in [0.2, 0.25) is 0 Å². The Morgan fingerprint density at radius 2 is 1.39 bits per heavy atom. The van der Waals surface area contributed by atoms with Gasteiger partial charge in [0.1, 0.15) is 5.75 Å². The summed E-state index contributed by atoms with van der Waals surface area (Å²) >= 11 is 0. The molecule has 90 valence electrons. The van der Waals surface area contributed by atoms with Gasteiger partial charge in [0.25, 0.3) is 0 Å². The maximum absolute atomic E-state index is 9.68. The number of nitrogen functional groups attached to an aromatic ring is 1. The van der Waals surface area contributed by atoms with Gasteiger partial charge in [-0.1, -0.05) is 11.8 Å². The van der Waals surface area contributed by atoms with Gasteiger partial charge in [0.15, 0.2) is 0 Å². The Bertz CT molecular complexity index is 607. The third-order valence-electron chi connectivity index (χ3n) is 2.75. The molecule has 0 radical (unpaired) electrons. The van der Waals surface area contributed by atoms with Crippen LogP contribution in [0.1, 0.15) is 22.3 Å². The Morgan fingerprint density at radius 1 is 0.889 bits per heavy atom. The van der Waals surface area contributed by atoms with Crippen molar-refractivity contribution in [3.63, 3.8) is 0 Å². The molecule has 3 N–H and O–H groups in total. The average Bonchev–Trinajstić information content (AvgIpc) is 2.35. The van der Waals surface area contributed by atoms with Crippen LogP contribution >= 0.6 is 0 Å². The topological polar surface area (TPSA) is 46.2 Å². The molecule has 2 aromatic rings. The molecule has 2 nitrogen and oxygen atoms in total. The summed E-state index contributed by atoms with van der Waals surface area (Å²) in [5.74, 6) is 6.50. The monoisotopic (exact) mass is 237 g/mol. The van der Waals surface area contributed by atoms with Crippen LogP contribution in [0.4, 0.5) is 5.69 Å². The van der Waals surface area contributed by atoms with Gasteiger partial charge in [-0.3, -0.25) is 0 Å². The largest absolute Gasteiger partial charge is 0.507 e. The van der Waals surface area contributed by atoms with Gasteiger partial charge in [-0.2, -0.15) is 0 Å². The lowest BCUT2D eigenvalue weighted by molar-refractivity contribution is 0.467. The molecule has 0 unspecified atom stereocenters. The number of hydrogen-bond donors (Lipinski definition) is 2. The molecule has 0 aromatic heterocycles. The molecule has 0 aliphatic rings. The van der Waals surface area contributed by atoms with E-state index in [-0.39, 0.29) is 0 Å². The number of anilines is 1. The molecule has 0 atom stereocenters. The van der Waals surface area contributed by atoms with Gasteiger partial charge in [-0.05, 0) is 61.4 Å². The lowest BCUT2D eigenvalue weighted by Gasteiger charge is -2.03. The molecule has 0 saturated heterocycles. The molecule has 2 aromatic carbocycles. The summed E-state index contributed by atoms with van der Waals surface area (Å²) in [5, 5.41) is 9.68. The summed E-state index contributed by atoms with van der Waals surface area (Å²) in [5.41, 5.74) is 9.86. The smallest absolute Gasteiger partial charge is 0.121 e. The Kier molecular flexibility index (Phi) is 3.25. The summed E-state index contributed by atoms with van der Waals surface area (Å²) in [7, 11) is 0. The second-order valence-electron chi connectivity index (χ2n) is 4.33. The van der Waals surface area contributed by atoms with Gasteiger partial charge < -0.3 is 10.8 Å². The van der Waals surface area contributed by atoms with Crippen LogP contribution in [-0.4, -0.2) is 5.11 Å². The Hall–Kier alpha value is -2.40. The van der Waals surface area contributed by atoms with Crippen molar-refractivity contribution in [2.24, 2.45) is 0 Å². The highest BCUT2D eigenvalue weighted by Crippen LogP contribution is 2.22. The van der Waals surface area contributed by atoms with Crippen LogP contribution in [-0.2, 0) is 0 Å². The maximum atomic E-state index is 9.68. The van der Waals surface area contributed by atoms with E-state index in [1.165, 1.54) is 0 Å². The minimum atomic E-state index is 0.341. The van der Waals surface area contributed by atoms with E-state index < -0.39 is 0 Å². The predicted molar refractivity (Wildman–Crippen MR) is 74.4 cm³/mol. The van der Waals surface area contributed by atoms with Gasteiger partial charge >= 0.3 is 0 Å². The van der Waals surface area contributed by atoms with Crippen molar-refractivity contribution in [1.29, 1.82) is 0 Å². The van der Waals surface area contributed by atoms with E-state index in [4.69, 9.17) is 5.73 Å². The average molecular weight is 237 g/mol. The second kappa shape index (κ2) is 4.85. The number of phenols is 1. The summed E-state index contributed by atoms with van der Waals surface area (Å²) < 4.78 is 0.